The van der Waals surface area contributed by atoms with Gasteiger partial charge in [0.2, 0.25) is 17.7 Å². The topological polar surface area (TPSA) is 115 Å². The molecule has 10 nitrogen and oxygen atoms in total. The third-order valence-electron chi connectivity index (χ3n) is 8.48. The smallest absolute Gasteiger partial charge is 0.338 e. The lowest BCUT2D eigenvalue weighted by atomic mass is 9.81. The molecule has 2 saturated heterocycles. The van der Waals surface area contributed by atoms with Crippen LogP contribution in [0.5, 0.6) is 0 Å². The van der Waals surface area contributed by atoms with E-state index in [-0.39, 0.29) is 35.3 Å². The van der Waals surface area contributed by atoms with Crippen molar-refractivity contribution in [1.82, 2.24) is 9.47 Å². The van der Waals surface area contributed by atoms with Gasteiger partial charge in [0.15, 0.2) is 0 Å². The molecule has 0 bridgehead atoms. The van der Waals surface area contributed by atoms with Gasteiger partial charge in [0.05, 0.1) is 42.0 Å². The van der Waals surface area contributed by atoms with E-state index in [4.69, 9.17) is 9.47 Å². The number of imide groups is 1. The number of nitrogens with zero attached hydrogens (tertiary/aromatic N) is 3. The molecular formula is C33H35N3O7S2. The Hall–Kier alpha value is -3.74. The summed E-state index contributed by atoms with van der Waals surface area (Å²) in [5.41, 5.74) is 2.53. The Morgan fingerprint density at radius 2 is 1.62 bits per heavy atom. The summed E-state index contributed by atoms with van der Waals surface area (Å²) in [6, 6.07) is 14.2. The number of carbonyl (C=O) groups excluding carboxylic acids is 4. The van der Waals surface area contributed by atoms with Crippen LogP contribution in [0, 0.1) is 5.92 Å². The summed E-state index contributed by atoms with van der Waals surface area (Å²) in [6.07, 6.45) is 0. The molecule has 4 heterocycles. The largest absolute Gasteiger partial charge is 0.462 e. The van der Waals surface area contributed by atoms with Gasteiger partial charge in [-0.15, -0.1) is 0 Å². The molecule has 3 aliphatic rings. The molecule has 2 aromatic carbocycles. The number of ether oxygens (including phenoxy) is 2. The fourth-order valence-corrected chi connectivity index (χ4v) is 8.84. The lowest BCUT2D eigenvalue weighted by molar-refractivity contribution is -0.136. The minimum absolute atomic E-state index is 0.0890. The van der Waals surface area contributed by atoms with Gasteiger partial charge in [0.25, 0.3) is 0 Å². The number of thioether (sulfide) groups is 1. The predicted molar refractivity (Wildman–Crippen MR) is 171 cm³/mol. The predicted octanol–water partition coefficient (Wildman–Crippen LogP) is 4.04. The third-order valence-corrected chi connectivity index (χ3v) is 11.1. The number of morpholine rings is 1. The van der Waals surface area contributed by atoms with E-state index in [2.05, 4.69) is 20.8 Å². The Kier molecular flexibility index (Phi) is 8.49. The quantitative estimate of drug-likeness (QED) is 0.291. The third kappa shape index (κ3) is 5.75. The van der Waals surface area contributed by atoms with Crippen molar-refractivity contribution in [2.75, 3.05) is 37.8 Å². The monoisotopic (exact) mass is 649 g/mol. The van der Waals surface area contributed by atoms with Gasteiger partial charge >= 0.3 is 10.8 Å². The second kappa shape index (κ2) is 12.2. The van der Waals surface area contributed by atoms with Gasteiger partial charge in [-0.1, -0.05) is 68.1 Å². The first-order valence-electron chi connectivity index (χ1n) is 15.0. The molecule has 3 aromatic rings. The number of benzene rings is 2. The molecular weight excluding hydrogens is 615 g/mol. The maximum absolute atomic E-state index is 14.2. The first kappa shape index (κ1) is 31.3. The molecule has 0 N–H and O–H groups in total. The molecule has 0 spiro atoms. The van der Waals surface area contributed by atoms with Crippen molar-refractivity contribution in [3.63, 3.8) is 0 Å². The minimum atomic E-state index is -0.805. The number of thiazole rings is 1. The lowest BCUT2D eigenvalue weighted by Crippen LogP contribution is -2.43. The second-order valence-corrected chi connectivity index (χ2v) is 14.4. The molecule has 12 heteroatoms. The average molecular weight is 650 g/mol. The standard InChI is InChI=1S/C33H35N3O7S2/c1-5-43-31(40)20-8-12-22(13-9-20)36-28(38)25-24(19-6-10-21(11-7-19)33(2,3)4)27-30(44-26(25)29(36)39)35(32(41)45-27)18-23(37)34-14-16-42-17-15-34/h6-13,24-26H,5,14-18H2,1-4H3/t24-,25?,26?/m0/s1. The van der Waals surface area contributed by atoms with Gasteiger partial charge in [0, 0.05) is 23.9 Å². The number of aromatic nitrogens is 1. The van der Waals surface area contributed by atoms with Crippen molar-refractivity contribution in [1.29, 1.82) is 0 Å². The number of fused-ring (bicyclic) bond motifs is 2. The van der Waals surface area contributed by atoms with Crippen LogP contribution in [-0.2, 0) is 35.8 Å². The highest BCUT2D eigenvalue weighted by Crippen LogP contribution is 2.54. The highest BCUT2D eigenvalue weighted by molar-refractivity contribution is 8.00. The van der Waals surface area contributed by atoms with Crippen LogP contribution >= 0.6 is 23.1 Å². The van der Waals surface area contributed by atoms with Crippen molar-refractivity contribution in [2.24, 2.45) is 5.92 Å². The normalized spacial score (nSPS) is 21.5. The molecule has 1 aromatic heterocycles. The highest BCUT2D eigenvalue weighted by Gasteiger charge is 2.57. The van der Waals surface area contributed by atoms with E-state index in [0.29, 0.717) is 47.5 Å². The van der Waals surface area contributed by atoms with E-state index in [0.717, 1.165) is 22.5 Å². The zero-order chi connectivity index (χ0) is 32.0. The van der Waals surface area contributed by atoms with Crippen molar-refractivity contribution >= 4 is 52.5 Å². The van der Waals surface area contributed by atoms with Gasteiger partial charge < -0.3 is 14.4 Å². The fourth-order valence-electron chi connectivity index (χ4n) is 6.07. The molecule has 2 fully saturated rings. The summed E-state index contributed by atoms with van der Waals surface area (Å²) in [4.78, 5) is 70.4. The molecule has 2 unspecified atom stereocenters. The Morgan fingerprint density at radius 3 is 2.24 bits per heavy atom. The maximum Gasteiger partial charge on any atom is 0.338 e. The van der Waals surface area contributed by atoms with Crippen LogP contribution in [0.15, 0.2) is 58.4 Å². The number of rotatable bonds is 6. The van der Waals surface area contributed by atoms with Crippen molar-refractivity contribution in [2.45, 2.75) is 55.8 Å². The summed E-state index contributed by atoms with van der Waals surface area (Å²) in [5, 5.41) is -0.251. The molecule has 0 aliphatic carbocycles. The summed E-state index contributed by atoms with van der Waals surface area (Å²) in [6.45, 7) is 9.97. The van der Waals surface area contributed by atoms with E-state index in [1.54, 1.807) is 24.0 Å². The summed E-state index contributed by atoms with van der Waals surface area (Å²) >= 11 is 2.22. The molecule has 45 heavy (non-hydrogen) atoms. The van der Waals surface area contributed by atoms with E-state index in [1.807, 2.05) is 24.3 Å². The molecule has 0 radical (unpaired) electrons. The highest BCUT2D eigenvalue weighted by atomic mass is 32.2. The van der Waals surface area contributed by atoms with E-state index < -0.39 is 29.0 Å². The van der Waals surface area contributed by atoms with Crippen LogP contribution in [0.2, 0.25) is 0 Å². The van der Waals surface area contributed by atoms with Gasteiger partial charge in [-0.3, -0.25) is 23.7 Å². The molecule has 0 saturated carbocycles. The number of carbonyl (C=O) groups is 4. The van der Waals surface area contributed by atoms with Crippen molar-refractivity contribution in [3.8, 4) is 0 Å². The average Bonchev–Trinajstić information content (AvgIpc) is 3.47. The minimum Gasteiger partial charge on any atom is -0.462 e. The van der Waals surface area contributed by atoms with Crippen LogP contribution in [0.25, 0.3) is 0 Å². The van der Waals surface area contributed by atoms with Crippen LogP contribution in [0.4, 0.5) is 5.69 Å². The van der Waals surface area contributed by atoms with Gasteiger partial charge in [-0.05, 0) is 47.7 Å². The van der Waals surface area contributed by atoms with Gasteiger partial charge in [-0.2, -0.15) is 0 Å². The van der Waals surface area contributed by atoms with E-state index >= 15 is 0 Å². The van der Waals surface area contributed by atoms with E-state index in [1.165, 1.54) is 33.4 Å². The summed E-state index contributed by atoms with van der Waals surface area (Å²) < 4.78 is 11.9. The number of esters is 1. The van der Waals surface area contributed by atoms with Crippen LogP contribution < -0.4 is 9.77 Å². The number of hydrogen-bond acceptors (Lipinski definition) is 9. The van der Waals surface area contributed by atoms with Gasteiger partial charge in [-0.25, -0.2) is 9.69 Å². The Morgan fingerprint density at radius 1 is 0.956 bits per heavy atom. The van der Waals surface area contributed by atoms with Crippen molar-refractivity contribution in [3.05, 3.63) is 79.8 Å². The summed E-state index contributed by atoms with van der Waals surface area (Å²) in [7, 11) is 0. The Balaban J connectivity index is 1.40. The lowest BCUT2D eigenvalue weighted by Gasteiger charge is -2.31. The first-order chi connectivity index (χ1) is 21.5. The summed E-state index contributed by atoms with van der Waals surface area (Å²) in [5.74, 6) is -2.76. The zero-order valence-corrected chi connectivity index (χ0v) is 27.2. The first-order valence-corrected chi connectivity index (χ1v) is 16.7. The fraction of sp³-hybridized carbons (Fsp3) is 0.424. The number of anilines is 1. The van der Waals surface area contributed by atoms with Crippen LogP contribution in [-0.4, -0.2) is 71.3 Å². The molecule has 3 atom stereocenters. The molecule has 3 aliphatic heterocycles. The van der Waals surface area contributed by atoms with E-state index in [9.17, 15) is 24.0 Å². The Labute approximate surface area is 269 Å². The van der Waals surface area contributed by atoms with Crippen LogP contribution in [0.3, 0.4) is 0 Å². The zero-order valence-electron chi connectivity index (χ0n) is 25.6. The van der Waals surface area contributed by atoms with Crippen molar-refractivity contribution < 1.29 is 28.7 Å². The molecule has 6 rings (SSSR count). The Bertz CT molecular complexity index is 1700. The maximum atomic E-state index is 14.2. The van der Waals surface area contributed by atoms with Crippen LogP contribution in [0.1, 0.15) is 60.0 Å². The number of amides is 3. The number of hydrogen-bond donors (Lipinski definition) is 0. The van der Waals surface area contributed by atoms with Gasteiger partial charge in [0.1, 0.15) is 11.8 Å². The molecule has 3 amide bonds. The second-order valence-electron chi connectivity index (χ2n) is 12.3. The SMILES string of the molecule is CCOC(=O)c1ccc(N2C(=O)C3Sc4c(sc(=O)n4CC(=O)N4CCOCC4)[C@@H](c4ccc(C(C)(C)C)cc4)C3C2=O)cc1. The molecule has 236 valence electrons.